The Bertz CT molecular complexity index is 1120. The van der Waals surface area contributed by atoms with Crippen LogP contribution >= 0.6 is 11.3 Å². The van der Waals surface area contributed by atoms with Gasteiger partial charge >= 0.3 is 6.18 Å². The number of carbonyl (C=O) groups excluding carboxylic acids is 1. The van der Waals surface area contributed by atoms with E-state index in [9.17, 15) is 22.8 Å². The summed E-state index contributed by atoms with van der Waals surface area (Å²) >= 11 is 1.32. The van der Waals surface area contributed by atoms with Gasteiger partial charge in [-0.1, -0.05) is 17.7 Å². The van der Waals surface area contributed by atoms with Crippen molar-refractivity contribution in [3.05, 3.63) is 68.1 Å². The van der Waals surface area contributed by atoms with Gasteiger partial charge in [-0.05, 0) is 43.3 Å². The number of hydrogen-bond acceptors (Lipinski definition) is 3. The number of aryl methyl sites for hydroxylation is 1. The Morgan fingerprint density at radius 1 is 1.24 bits per heavy atom. The largest absolute Gasteiger partial charge is 0.431 e. The van der Waals surface area contributed by atoms with E-state index in [1.165, 1.54) is 11.3 Å². The first-order chi connectivity index (χ1) is 13.8. The Morgan fingerprint density at radius 2 is 2.03 bits per heavy atom. The van der Waals surface area contributed by atoms with Crippen molar-refractivity contribution in [3.8, 4) is 0 Å². The van der Waals surface area contributed by atoms with Crippen molar-refractivity contribution >= 4 is 28.1 Å². The van der Waals surface area contributed by atoms with Gasteiger partial charge in [0.15, 0.2) is 5.43 Å². The fourth-order valence-corrected chi connectivity index (χ4v) is 4.65. The summed E-state index contributed by atoms with van der Waals surface area (Å²) in [4.78, 5) is 27.4. The van der Waals surface area contributed by atoms with Crippen molar-refractivity contribution in [2.24, 2.45) is 0 Å². The van der Waals surface area contributed by atoms with E-state index in [0.29, 0.717) is 23.9 Å². The first kappa shape index (κ1) is 19.7. The van der Waals surface area contributed by atoms with Gasteiger partial charge in [-0.25, -0.2) is 0 Å². The molecule has 0 radical (unpaired) electrons. The van der Waals surface area contributed by atoms with Gasteiger partial charge in [-0.2, -0.15) is 13.2 Å². The van der Waals surface area contributed by atoms with Crippen LogP contribution in [0.15, 0.2) is 46.6 Å². The van der Waals surface area contributed by atoms with Crippen molar-refractivity contribution in [1.29, 1.82) is 0 Å². The minimum absolute atomic E-state index is 0.00814. The summed E-state index contributed by atoms with van der Waals surface area (Å²) in [5.41, 5.74) is -0.582. The zero-order valence-electron chi connectivity index (χ0n) is 15.7. The highest BCUT2D eigenvalue weighted by Crippen LogP contribution is 2.32. The molecular formula is C21H19F3N2O2S. The predicted octanol–water partition coefficient (Wildman–Crippen LogP) is 4.70. The van der Waals surface area contributed by atoms with E-state index in [0.717, 1.165) is 16.6 Å². The van der Waals surface area contributed by atoms with Crippen molar-refractivity contribution in [1.82, 2.24) is 9.47 Å². The molecule has 0 spiro atoms. The van der Waals surface area contributed by atoms with Crippen LogP contribution in [-0.4, -0.2) is 28.0 Å². The molecule has 8 heteroatoms. The number of carbonyl (C=O) groups is 1. The highest BCUT2D eigenvalue weighted by molar-refractivity contribution is 7.12. The smallest absolute Gasteiger partial charge is 0.335 e. The molecule has 0 saturated carbocycles. The maximum atomic E-state index is 13.7. The summed E-state index contributed by atoms with van der Waals surface area (Å²) in [5.74, 6) is -0.155. The van der Waals surface area contributed by atoms with Crippen molar-refractivity contribution in [2.75, 3.05) is 6.54 Å². The lowest BCUT2D eigenvalue weighted by Crippen LogP contribution is -2.39. The number of hydrogen-bond donors (Lipinski definition) is 0. The van der Waals surface area contributed by atoms with Crippen LogP contribution in [0.3, 0.4) is 0 Å². The summed E-state index contributed by atoms with van der Waals surface area (Å²) in [6, 6.07) is 8.67. The van der Waals surface area contributed by atoms with Crippen LogP contribution in [-0.2, 0) is 12.7 Å². The Hall–Kier alpha value is -2.61. The lowest BCUT2D eigenvalue weighted by atomic mass is 10.1. The number of rotatable bonds is 3. The number of pyridine rings is 1. The van der Waals surface area contributed by atoms with Gasteiger partial charge in [-0.3, -0.25) is 9.59 Å². The predicted molar refractivity (Wildman–Crippen MR) is 106 cm³/mol. The van der Waals surface area contributed by atoms with Gasteiger partial charge < -0.3 is 9.47 Å². The average Bonchev–Trinajstić information content (AvgIpc) is 3.34. The molecule has 0 unspecified atom stereocenters. The fourth-order valence-electron chi connectivity index (χ4n) is 3.97. The number of benzene rings is 1. The average molecular weight is 420 g/mol. The van der Waals surface area contributed by atoms with E-state index in [2.05, 4.69) is 0 Å². The molecule has 1 saturated heterocycles. The van der Waals surface area contributed by atoms with E-state index in [1.807, 2.05) is 0 Å². The van der Waals surface area contributed by atoms with E-state index >= 15 is 0 Å². The number of nitrogens with zero attached hydrogens (tertiary/aromatic N) is 2. The van der Waals surface area contributed by atoms with Crippen LogP contribution < -0.4 is 5.43 Å². The second-order valence-corrected chi connectivity index (χ2v) is 8.24. The van der Waals surface area contributed by atoms with E-state index < -0.39 is 17.3 Å². The lowest BCUT2D eigenvalue weighted by Gasteiger charge is -2.28. The van der Waals surface area contributed by atoms with Crippen LogP contribution in [0.1, 0.15) is 33.8 Å². The summed E-state index contributed by atoms with van der Waals surface area (Å²) in [7, 11) is 0. The third kappa shape index (κ3) is 3.69. The van der Waals surface area contributed by atoms with Crippen molar-refractivity contribution < 1.29 is 18.0 Å². The van der Waals surface area contributed by atoms with Gasteiger partial charge in [0, 0.05) is 24.5 Å². The van der Waals surface area contributed by atoms with Crippen molar-refractivity contribution in [3.63, 3.8) is 0 Å². The SMILES string of the molecule is Cc1ccc2c(c1)c(=O)cc(C(F)(F)F)n2C[C@H]1CCCN1C(=O)c1cccs1. The molecule has 1 amide bonds. The number of likely N-dealkylation sites (tertiary alicyclic amines) is 1. The molecule has 1 atom stereocenters. The number of aromatic nitrogens is 1. The van der Waals surface area contributed by atoms with Crippen LogP contribution in [0.5, 0.6) is 0 Å². The number of thiophene rings is 1. The summed E-state index contributed by atoms with van der Waals surface area (Å²) in [6.07, 6.45) is -3.31. The first-order valence-electron chi connectivity index (χ1n) is 9.31. The Kier molecular flexibility index (Phi) is 4.98. The molecule has 0 bridgehead atoms. The Balaban J connectivity index is 1.79. The number of halogens is 3. The molecule has 4 nitrogen and oxygen atoms in total. The molecule has 1 aromatic carbocycles. The molecule has 152 valence electrons. The second kappa shape index (κ2) is 7.33. The third-order valence-electron chi connectivity index (χ3n) is 5.32. The lowest BCUT2D eigenvalue weighted by molar-refractivity contribution is -0.143. The monoisotopic (exact) mass is 420 g/mol. The quantitative estimate of drug-likeness (QED) is 0.617. The first-order valence-corrected chi connectivity index (χ1v) is 10.2. The summed E-state index contributed by atoms with van der Waals surface area (Å²) < 4.78 is 42.4. The number of alkyl halides is 3. The molecular weight excluding hydrogens is 401 g/mol. The minimum atomic E-state index is -4.67. The van der Waals surface area contributed by atoms with E-state index in [-0.39, 0.29) is 29.4 Å². The van der Waals surface area contributed by atoms with Crippen molar-refractivity contribution in [2.45, 2.75) is 38.5 Å². The van der Waals surface area contributed by atoms with Gasteiger partial charge in [0.05, 0.1) is 16.4 Å². The van der Waals surface area contributed by atoms with Gasteiger partial charge in [0.1, 0.15) is 5.69 Å². The molecule has 0 aliphatic carbocycles. The molecule has 29 heavy (non-hydrogen) atoms. The normalized spacial score (nSPS) is 17.2. The number of fused-ring (bicyclic) bond motifs is 1. The van der Waals surface area contributed by atoms with E-state index in [1.54, 1.807) is 47.5 Å². The molecule has 1 aliphatic rings. The molecule has 3 aromatic rings. The molecule has 2 aromatic heterocycles. The third-order valence-corrected chi connectivity index (χ3v) is 6.18. The zero-order valence-corrected chi connectivity index (χ0v) is 16.5. The fraction of sp³-hybridized carbons (Fsp3) is 0.333. The van der Waals surface area contributed by atoms with Crippen LogP contribution in [0.2, 0.25) is 0 Å². The standard InChI is InChI=1S/C21H19F3N2O2S/c1-13-6-7-16-15(10-13)17(27)11-19(21(22,23)24)26(16)12-14-4-2-8-25(14)20(28)18-5-3-9-29-18/h3,5-7,9-11,14H,2,4,8,12H2,1H3/t14-/m1/s1. The Morgan fingerprint density at radius 3 is 2.72 bits per heavy atom. The van der Waals surface area contributed by atoms with Crippen LogP contribution in [0, 0.1) is 6.92 Å². The highest BCUT2D eigenvalue weighted by Gasteiger charge is 2.37. The van der Waals surface area contributed by atoms with Crippen LogP contribution in [0.25, 0.3) is 10.9 Å². The summed E-state index contributed by atoms with van der Waals surface area (Å²) in [6.45, 7) is 2.30. The molecule has 1 aliphatic heterocycles. The molecule has 0 N–H and O–H groups in total. The van der Waals surface area contributed by atoms with Crippen LogP contribution in [0.4, 0.5) is 13.2 Å². The maximum absolute atomic E-state index is 13.7. The molecule has 4 rings (SSSR count). The second-order valence-electron chi connectivity index (χ2n) is 7.29. The van der Waals surface area contributed by atoms with Gasteiger partial charge in [0.25, 0.3) is 5.91 Å². The topological polar surface area (TPSA) is 42.3 Å². The summed E-state index contributed by atoms with van der Waals surface area (Å²) in [5, 5.41) is 2.06. The van der Waals surface area contributed by atoms with E-state index in [4.69, 9.17) is 0 Å². The maximum Gasteiger partial charge on any atom is 0.431 e. The molecule has 1 fully saturated rings. The number of amides is 1. The minimum Gasteiger partial charge on any atom is -0.335 e. The molecule has 3 heterocycles. The zero-order chi connectivity index (χ0) is 20.8. The Labute approximate surface area is 169 Å². The highest BCUT2D eigenvalue weighted by atomic mass is 32.1. The van der Waals surface area contributed by atoms with Gasteiger partial charge in [-0.15, -0.1) is 11.3 Å². The van der Waals surface area contributed by atoms with Gasteiger partial charge in [0.2, 0.25) is 0 Å².